The Labute approximate surface area is 118 Å². The summed E-state index contributed by atoms with van der Waals surface area (Å²) in [6, 6.07) is 9.68. The molecule has 0 aliphatic carbocycles. The molecule has 0 bridgehead atoms. The molecular formula is C15H16ClNO2. The summed E-state index contributed by atoms with van der Waals surface area (Å²) in [4.78, 5) is 4.00. The Balaban J connectivity index is 2.17. The van der Waals surface area contributed by atoms with E-state index in [1.165, 1.54) is 0 Å². The molecule has 0 aliphatic heterocycles. The van der Waals surface area contributed by atoms with E-state index in [0.717, 1.165) is 17.5 Å². The van der Waals surface area contributed by atoms with Crippen molar-refractivity contribution in [3.8, 4) is 11.5 Å². The normalized spacial score (nSPS) is 11.9. The second-order valence-electron chi connectivity index (χ2n) is 4.14. The number of halogens is 1. The average Bonchev–Trinajstić information content (AvgIpc) is 2.47. The van der Waals surface area contributed by atoms with Gasteiger partial charge in [-0.15, -0.1) is 11.6 Å². The highest BCUT2D eigenvalue weighted by Crippen LogP contribution is 2.33. The van der Waals surface area contributed by atoms with Gasteiger partial charge in [0.25, 0.3) is 0 Å². The second-order valence-corrected chi connectivity index (χ2v) is 4.67. The topological polar surface area (TPSA) is 31.4 Å². The molecule has 0 aliphatic rings. The largest absolute Gasteiger partial charge is 0.493 e. The summed E-state index contributed by atoms with van der Waals surface area (Å²) in [5.74, 6) is 1.40. The van der Waals surface area contributed by atoms with Crippen molar-refractivity contribution in [2.45, 2.75) is 11.8 Å². The molecule has 0 fully saturated rings. The second kappa shape index (κ2) is 6.43. The van der Waals surface area contributed by atoms with E-state index in [1.54, 1.807) is 26.6 Å². The van der Waals surface area contributed by atoms with Crippen LogP contribution in [0.1, 0.15) is 16.5 Å². The van der Waals surface area contributed by atoms with Gasteiger partial charge in [-0.25, -0.2) is 0 Å². The zero-order valence-electron chi connectivity index (χ0n) is 11.0. The Morgan fingerprint density at radius 3 is 2.37 bits per heavy atom. The third kappa shape index (κ3) is 3.38. The maximum absolute atomic E-state index is 6.45. The summed E-state index contributed by atoms with van der Waals surface area (Å²) in [5.41, 5.74) is 2.17. The molecule has 100 valence electrons. The lowest BCUT2D eigenvalue weighted by molar-refractivity contribution is 0.354. The molecule has 1 atom stereocenters. The number of nitrogens with zero attached hydrogens (tertiary/aromatic N) is 1. The number of hydrogen-bond acceptors (Lipinski definition) is 3. The van der Waals surface area contributed by atoms with Crippen LogP contribution in [0.5, 0.6) is 11.5 Å². The summed E-state index contributed by atoms with van der Waals surface area (Å²) >= 11 is 6.45. The molecule has 3 nitrogen and oxygen atoms in total. The third-order valence-electron chi connectivity index (χ3n) is 2.93. The highest BCUT2D eigenvalue weighted by atomic mass is 35.5. The number of benzene rings is 1. The maximum atomic E-state index is 6.45. The number of methoxy groups -OCH3 is 2. The van der Waals surface area contributed by atoms with Crippen LogP contribution in [0.15, 0.2) is 42.7 Å². The van der Waals surface area contributed by atoms with Crippen molar-refractivity contribution in [3.63, 3.8) is 0 Å². The molecular weight excluding hydrogens is 262 g/mol. The lowest BCUT2D eigenvalue weighted by Gasteiger charge is -2.13. The van der Waals surface area contributed by atoms with Gasteiger partial charge in [-0.2, -0.15) is 0 Å². The summed E-state index contributed by atoms with van der Waals surface area (Å²) in [7, 11) is 3.24. The maximum Gasteiger partial charge on any atom is 0.161 e. The van der Waals surface area contributed by atoms with E-state index in [9.17, 15) is 0 Å². The standard InChI is InChI=1S/C15H16ClNO2/c1-18-14-4-3-12(10-15(14)19-2)13(16)9-11-5-7-17-8-6-11/h3-8,10,13H,9H2,1-2H3. The number of ether oxygens (including phenoxy) is 2. The van der Waals surface area contributed by atoms with Crippen LogP contribution in [-0.4, -0.2) is 19.2 Å². The molecule has 1 aromatic heterocycles. The van der Waals surface area contributed by atoms with E-state index >= 15 is 0 Å². The first-order valence-electron chi connectivity index (χ1n) is 5.99. The fourth-order valence-electron chi connectivity index (χ4n) is 1.89. The summed E-state index contributed by atoms with van der Waals surface area (Å²) in [5, 5.41) is -0.109. The highest BCUT2D eigenvalue weighted by molar-refractivity contribution is 6.21. The minimum absolute atomic E-state index is 0.109. The minimum atomic E-state index is -0.109. The van der Waals surface area contributed by atoms with Gasteiger partial charge < -0.3 is 9.47 Å². The van der Waals surface area contributed by atoms with Crippen molar-refractivity contribution in [2.75, 3.05) is 14.2 Å². The average molecular weight is 278 g/mol. The Morgan fingerprint density at radius 1 is 1.05 bits per heavy atom. The number of rotatable bonds is 5. The molecule has 0 N–H and O–H groups in total. The van der Waals surface area contributed by atoms with Crippen LogP contribution in [0.2, 0.25) is 0 Å². The van der Waals surface area contributed by atoms with Crippen molar-refractivity contribution in [2.24, 2.45) is 0 Å². The van der Waals surface area contributed by atoms with E-state index in [4.69, 9.17) is 21.1 Å². The van der Waals surface area contributed by atoms with E-state index in [0.29, 0.717) is 11.5 Å². The predicted octanol–water partition coefficient (Wildman–Crippen LogP) is 3.62. The van der Waals surface area contributed by atoms with Gasteiger partial charge in [-0.05, 0) is 41.8 Å². The molecule has 19 heavy (non-hydrogen) atoms. The van der Waals surface area contributed by atoms with Crippen LogP contribution < -0.4 is 9.47 Å². The molecule has 1 heterocycles. The fourth-order valence-corrected chi connectivity index (χ4v) is 2.21. The van der Waals surface area contributed by atoms with E-state index in [1.807, 2.05) is 30.3 Å². The first-order chi connectivity index (χ1) is 9.24. The van der Waals surface area contributed by atoms with Gasteiger partial charge >= 0.3 is 0 Å². The molecule has 0 saturated heterocycles. The van der Waals surface area contributed by atoms with Crippen LogP contribution in [-0.2, 0) is 6.42 Å². The zero-order chi connectivity index (χ0) is 13.7. The van der Waals surface area contributed by atoms with E-state index in [2.05, 4.69) is 4.98 Å². The van der Waals surface area contributed by atoms with Crippen LogP contribution in [0.25, 0.3) is 0 Å². The minimum Gasteiger partial charge on any atom is -0.493 e. The number of aromatic nitrogens is 1. The highest BCUT2D eigenvalue weighted by Gasteiger charge is 2.12. The SMILES string of the molecule is COc1ccc(C(Cl)Cc2ccncc2)cc1OC. The van der Waals surface area contributed by atoms with Crippen LogP contribution in [0, 0.1) is 0 Å². The lowest BCUT2D eigenvalue weighted by atomic mass is 10.0. The van der Waals surface area contributed by atoms with Crippen LogP contribution >= 0.6 is 11.6 Å². The zero-order valence-corrected chi connectivity index (χ0v) is 11.7. The molecule has 0 saturated carbocycles. The van der Waals surface area contributed by atoms with Crippen molar-refractivity contribution in [1.82, 2.24) is 4.98 Å². The number of alkyl halides is 1. The molecule has 2 rings (SSSR count). The first-order valence-corrected chi connectivity index (χ1v) is 6.43. The van der Waals surface area contributed by atoms with Crippen molar-refractivity contribution in [3.05, 3.63) is 53.9 Å². The third-order valence-corrected chi connectivity index (χ3v) is 3.34. The van der Waals surface area contributed by atoms with E-state index < -0.39 is 0 Å². The van der Waals surface area contributed by atoms with Crippen LogP contribution in [0.4, 0.5) is 0 Å². The van der Waals surface area contributed by atoms with Crippen molar-refractivity contribution >= 4 is 11.6 Å². The van der Waals surface area contributed by atoms with Gasteiger partial charge in [-0.1, -0.05) is 6.07 Å². The Bertz CT molecular complexity index is 531. The predicted molar refractivity (Wildman–Crippen MR) is 76.1 cm³/mol. The molecule has 0 radical (unpaired) electrons. The molecule has 4 heteroatoms. The Morgan fingerprint density at radius 2 is 1.74 bits per heavy atom. The van der Waals surface area contributed by atoms with E-state index in [-0.39, 0.29) is 5.38 Å². The van der Waals surface area contributed by atoms with Crippen LogP contribution in [0.3, 0.4) is 0 Å². The lowest BCUT2D eigenvalue weighted by Crippen LogP contribution is -1.98. The van der Waals surface area contributed by atoms with Gasteiger partial charge in [0, 0.05) is 12.4 Å². The molecule has 1 unspecified atom stereocenters. The van der Waals surface area contributed by atoms with Crippen molar-refractivity contribution in [1.29, 1.82) is 0 Å². The molecule has 0 spiro atoms. The Kier molecular flexibility index (Phi) is 4.63. The molecule has 1 aromatic carbocycles. The summed E-state index contributed by atoms with van der Waals surface area (Å²) < 4.78 is 10.5. The van der Waals surface area contributed by atoms with Gasteiger partial charge in [0.15, 0.2) is 11.5 Å². The number of pyridine rings is 1. The van der Waals surface area contributed by atoms with Gasteiger partial charge in [0.05, 0.1) is 19.6 Å². The molecule has 0 amide bonds. The smallest absolute Gasteiger partial charge is 0.161 e. The van der Waals surface area contributed by atoms with Gasteiger partial charge in [0.1, 0.15) is 0 Å². The molecule has 2 aromatic rings. The van der Waals surface area contributed by atoms with Gasteiger partial charge in [0.2, 0.25) is 0 Å². The quantitative estimate of drug-likeness (QED) is 0.782. The number of hydrogen-bond donors (Lipinski definition) is 0. The first kappa shape index (κ1) is 13.7. The summed E-state index contributed by atoms with van der Waals surface area (Å²) in [6.45, 7) is 0. The summed E-state index contributed by atoms with van der Waals surface area (Å²) in [6.07, 6.45) is 4.29. The van der Waals surface area contributed by atoms with Crippen molar-refractivity contribution < 1.29 is 9.47 Å². The fraction of sp³-hybridized carbons (Fsp3) is 0.267. The Hall–Kier alpha value is -1.74. The van der Waals surface area contributed by atoms with Gasteiger partial charge in [-0.3, -0.25) is 4.98 Å². The monoisotopic (exact) mass is 277 g/mol.